The molecule has 0 radical (unpaired) electrons. The Balaban J connectivity index is 1.84. The van der Waals surface area contributed by atoms with Gasteiger partial charge in [-0.05, 0) is 44.0 Å². The lowest BCUT2D eigenvalue weighted by molar-refractivity contribution is 0.0960. The fourth-order valence-electron chi connectivity index (χ4n) is 2.89. The third-order valence-corrected chi connectivity index (χ3v) is 5.28. The second-order valence-electron chi connectivity index (χ2n) is 6.37. The first kappa shape index (κ1) is 18.8. The Morgan fingerprint density at radius 2 is 1.81 bits per heavy atom. The molecule has 0 spiro atoms. The second-order valence-corrected chi connectivity index (χ2v) is 7.23. The van der Waals surface area contributed by atoms with Gasteiger partial charge in [-0.3, -0.25) is 9.59 Å². The summed E-state index contributed by atoms with van der Waals surface area (Å²) in [5.74, 6) is -0.478. The topological polar surface area (TPSA) is 71.1 Å². The van der Waals surface area contributed by atoms with Gasteiger partial charge in [0, 0.05) is 29.2 Å². The number of nitrogens with zero attached hydrogens (tertiary/aromatic N) is 1. The number of aryl methyl sites for hydroxylation is 2. The molecule has 27 heavy (non-hydrogen) atoms. The highest BCUT2D eigenvalue weighted by Gasteiger charge is 2.16. The monoisotopic (exact) mass is 379 g/mol. The van der Waals surface area contributed by atoms with Gasteiger partial charge < -0.3 is 10.6 Å². The Kier molecular flexibility index (Phi) is 5.37. The van der Waals surface area contributed by atoms with E-state index in [0.717, 1.165) is 21.7 Å². The Morgan fingerprint density at radius 1 is 1.04 bits per heavy atom. The van der Waals surface area contributed by atoms with Crippen LogP contribution in [0.4, 0.5) is 5.69 Å². The minimum atomic E-state index is -0.292. The van der Waals surface area contributed by atoms with Crippen LogP contribution in [-0.2, 0) is 0 Å². The van der Waals surface area contributed by atoms with Gasteiger partial charge in [0.15, 0.2) is 0 Å². The molecule has 0 aliphatic carbocycles. The van der Waals surface area contributed by atoms with Crippen molar-refractivity contribution in [2.24, 2.45) is 0 Å². The first-order valence-electron chi connectivity index (χ1n) is 8.57. The van der Waals surface area contributed by atoms with E-state index in [1.807, 2.05) is 32.9 Å². The third kappa shape index (κ3) is 3.90. The zero-order valence-electron chi connectivity index (χ0n) is 15.7. The Labute approximate surface area is 162 Å². The maximum absolute atomic E-state index is 12.6. The smallest absolute Gasteiger partial charge is 0.275 e. The Morgan fingerprint density at radius 3 is 2.52 bits per heavy atom. The number of hydrogen-bond donors (Lipinski definition) is 2. The van der Waals surface area contributed by atoms with E-state index in [1.165, 1.54) is 16.9 Å². The van der Waals surface area contributed by atoms with Crippen molar-refractivity contribution in [1.82, 2.24) is 10.3 Å². The summed E-state index contributed by atoms with van der Waals surface area (Å²) >= 11 is 1.44. The Hall–Kier alpha value is -2.99. The molecule has 1 heterocycles. The first-order chi connectivity index (χ1) is 12.9. The molecule has 6 heteroatoms. The highest BCUT2D eigenvalue weighted by molar-refractivity contribution is 7.13. The van der Waals surface area contributed by atoms with E-state index in [0.29, 0.717) is 16.9 Å². The van der Waals surface area contributed by atoms with E-state index in [2.05, 4.69) is 21.7 Å². The van der Waals surface area contributed by atoms with Gasteiger partial charge in [-0.15, -0.1) is 11.3 Å². The first-order valence-corrected chi connectivity index (χ1v) is 9.45. The Bertz CT molecular complexity index is 1020. The van der Waals surface area contributed by atoms with Crippen molar-refractivity contribution in [3.63, 3.8) is 0 Å². The summed E-state index contributed by atoms with van der Waals surface area (Å²) in [7, 11) is 1.58. The average Bonchev–Trinajstić information content (AvgIpc) is 3.12. The van der Waals surface area contributed by atoms with Crippen LogP contribution in [0, 0.1) is 20.8 Å². The van der Waals surface area contributed by atoms with E-state index >= 15 is 0 Å². The molecule has 2 N–H and O–H groups in total. The second kappa shape index (κ2) is 7.72. The summed E-state index contributed by atoms with van der Waals surface area (Å²) in [6.45, 7) is 5.90. The van der Waals surface area contributed by atoms with Gasteiger partial charge in [0.25, 0.3) is 11.8 Å². The molecule has 0 fully saturated rings. The summed E-state index contributed by atoms with van der Waals surface area (Å²) < 4.78 is 0. The van der Waals surface area contributed by atoms with E-state index in [9.17, 15) is 9.59 Å². The van der Waals surface area contributed by atoms with Gasteiger partial charge >= 0.3 is 0 Å². The summed E-state index contributed by atoms with van der Waals surface area (Å²) in [5.41, 5.74) is 5.56. The van der Waals surface area contributed by atoms with Crippen molar-refractivity contribution in [2.75, 3.05) is 12.4 Å². The molecule has 0 atom stereocenters. The van der Waals surface area contributed by atoms with E-state index < -0.39 is 0 Å². The lowest BCUT2D eigenvalue weighted by Crippen LogP contribution is -2.20. The fraction of sp³-hybridized carbons (Fsp3) is 0.190. The van der Waals surface area contributed by atoms with Gasteiger partial charge in [0.2, 0.25) is 0 Å². The number of hydrogen-bond acceptors (Lipinski definition) is 4. The molecule has 3 aromatic rings. The molecule has 0 unspecified atom stereocenters. The standard InChI is InChI=1S/C21H21N3O2S/c1-12-8-9-15(13(2)10-12)21-24-18(11-27-21)20(26)23-17-7-5-6-16(14(17)3)19(25)22-4/h5-11H,1-4H3,(H,22,25)(H,23,26). The number of amides is 2. The van der Waals surface area contributed by atoms with Crippen molar-refractivity contribution in [3.05, 3.63) is 69.7 Å². The molecular formula is C21H21N3O2S. The third-order valence-electron chi connectivity index (χ3n) is 4.40. The summed E-state index contributed by atoms with van der Waals surface area (Å²) in [5, 5.41) is 8.03. The number of carbonyl (C=O) groups excluding carboxylic acids is 2. The van der Waals surface area contributed by atoms with Gasteiger partial charge in [-0.1, -0.05) is 29.8 Å². The molecule has 2 amide bonds. The lowest BCUT2D eigenvalue weighted by atomic mass is 10.1. The van der Waals surface area contributed by atoms with Crippen molar-refractivity contribution < 1.29 is 9.59 Å². The van der Waals surface area contributed by atoms with Crippen LogP contribution in [0.2, 0.25) is 0 Å². The number of anilines is 1. The number of benzene rings is 2. The summed E-state index contributed by atoms with van der Waals surface area (Å²) in [6.07, 6.45) is 0. The van der Waals surface area contributed by atoms with Gasteiger partial charge in [0.05, 0.1) is 0 Å². The SMILES string of the molecule is CNC(=O)c1cccc(NC(=O)c2csc(-c3ccc(C)cc3C)n2)c1C. The predicted molar refractivity (Wildman–Crippen MR) is 110 cm³/mol. The van der Waals surface area contributed by atoms with Crippen LogP contribution in [0.1, 0.15) is 37.5 Å². The normalized spacial score (nSPS) is 10.5. The zero-order valence-corrected chi connectivity index (χ0v) is 16.5. The number of thiazole rings is 1. The highest BCUT2D eigenvalue weighted by atomic mass is 32.1. The van der Waals surface area contributed by atoms with Crippen LogP contribution in [0.3, 0.4) is 0 Å². The van der Waals surface area contributed by atoms with E-state index in [-0.39, 0.29) is 11.8 Å². The van der Waals surface area contributed by atoms with Crippen LogP contribution in [0.5, 0.6) is 0 Å². The van der Waals surface area contributed by atoms with Crippen LogP contribution in [0.15, 0.2) is 41.8 Å². The molecule has 0 saturated heterocycles. The largest absolute Gasteiger partial charge is 0.355 e. The van der Waals surface area contributed by atoms with Gasteiger partial charge in [-0.25, -0.2) is 4.98 Å². The van der Waals surface area contributed by atoms with Gasteiger partial charge in [0.1, 0.15) is 10.7 Å². The maximum Gasteiger partial charge on any atom is 0.275 e. The molecular weight excluding hydrogens is 358 g/mol. The van der Waals surface area contributed by atoms with Crippen molar-refractivity contribution in [1.29, 1.82) is 0 Å². The summed E-state index contributed by atoms with van der Waals surface area (Å²) in [4.78, 5) is 29.1. The molecule has 5 nitrogen and oxygen atoms in total. The average molecular weight is 379 g/mol. The molecule has 0 saturated carbocycles. The molecule has 138 valence electrons. The maximum atomic E-state index is 12.6. The molecule has 0 bridgehead atoms. The molecule has 1 aromatic heterocycles. The quantitative estimate of drug-likeness (QED) is 0.708. The summed E-state index contributed by atoms with van der Waals surface area (Å²) in [6, 6.07) is 11.4. The number of carbonyl (C=O) groups is 2. The number of nitrogens with one attached hydrogen (secondary N) is 2. The minimum absolute atomic E-state index is 0.186. The minimum Gasteiger partial charge on any atom is -0.355 e. The molecule has 2 aromatic carbocycles. The van der Waals surface area contributed by atoms with Crippen LogP contribution >= 0.6 is 11.3 Å². The zero-order chi connectivity index (χ0) is 19.6. The number of rotatable bonds is 4. The van der Waals surface area contributed by atoms with Crippen molar-refractivity contribution >= 4 is 28.8 Å². The highest BCUT2D eigenvalue weighted by Crippen LogP contribution is 2.28. The van der Waals surface area contributed by atoms with Crippen LogP contribution in [-0.4, -0.2) is 23.8 Å². The van der Waals surface area contributed by atoms with Crippen LogP contribution in [0.25, 0.3) is 10.6 Å². The number of aromatic nitrogens is 1. The van der Waals surface area contributed by atoms with E-state index in [4.69, 9.17) is 0 Å². The van der Waals surface area contributed by atoms with Crippen molar-refractivity contribution in [2.45, 2.75) is 20.8 Å². The van der Waals surface area contributed by atoms with Gasteiger partial charge in [-0.2, -0.15) is 0 Å². The van der Waals surface area contributed by atoms with Crippen LogP contribution < -0.4 is 10.6 Å². The molecule has 3 rings (SSSR count). The fourth-order valence-corrected chi connectivity index (χ4v) is 3.78. The van der Waals surface area contributed by atoms with Crippen molar-refractivity contribution in [3.8, 4) is 10.6 Å². The van der Waals surface area contributed by atoms with E-state index in [1.54, 1.807) is 30.6 Å². The molecule has 0 aliphatic heterocycles. The molecule has 0 aliphatic rings. The predicted octanol–water partition coefficient (Wildman–Crippen LogP) is 4.35. The lowest BCUT2D eigenvalue weighted by Gasteiger charge is -2.11.